The van der Waals surface area contributed by atoms with Crippen molar-refractivity contribution in [2.45, 2.75) is 13.3 Å². The van der Waals surface area contributed by atoms with Crippen LogP contribution in [0.15, 0.2) is 77.3 Å². The summed E-state index contributed by atoms with van der Waals surface area (Å²) in [5.74, 6) is 0.805. The summed E-state index contributed by atoms with van der Waals surface area (Å²) in [4.78, 5) is 0. The summed E-state index contributed by atoms with van der Waals surface area (Å²) in [6.07, 6.45) is 1.03. The van der Waals surface area contributed by atoms with Gasteiger partial charge in [-0.25, -0.2) is 0 Å². The molecule has 1 aromatic heterocycles. The minimum Gasteiger partial charge on any atom is -1.00 e. The molecule has 0 unspecified atom stereocenters. The van der Waals surface area contributed by atoms with Crippen molar-refractivity contribution in [2.24, 2.45) is 0 Å². The van der Waals surface area contributed by atoms with Crippen LogP contribution in [0, 0.1) is 0 Å². The molecule has 0 atom stereocenters. The van der Waals surface area contributed by atoms with Crippen LogP contribution in [0.3, 0.4) is 0 Å². The highest BCUT2D eigenvalue weighted by Crippen LogP contribution is 2.33. The van der Waals surface area contributed by atoms with E-state index in [1.165, 1.54) is 5.56 Å². The molecule has 0 bridgehead atoms. The Balaban J connectivity index is 0.00000256. The maximum absolute atomic E-state index is 5.38. The van der Waals surface area contributed by atoms with Crippen LogP contribution < -0.4 is 27.1 Å². The van der Waals surface area contributed by atoms with Crippen molar-refractivity contribution in [2.75, 3.05) is 12.4 Å². The molecule has 4 aromatic rings. The molecule has 4 nitrogen and oxygen atoms in total. The van der Waals surface area contributed by atoms with E-state index in [2.05, 4.69) is 76.7 Å². The summed E-state index contributed by atoms with van der Waals surface area (Å²) in [5, 5.41) is 10.2. The van der Waals surface area contributed by atoms with Gasteiger partial charge in [-0.2, -0.15) is 0 Å². The smallest absolute Gasteiger partial charge is 0.304 e. The van der Waals surface area contributed by atoms with Crippen LogP contribution in [0.1, 0.15) is 12.5 Å². The summed E-state index contributed by atoms with van der Waals surface area (Å²) in [6.45, 7) is 2.16. The van der Waals surface area contributed by atoms with Gasteiger partial charge in [-0.3, -0.25) is 0 Å². The lowest BCUT2D eigenvalue weighted by molar-refractivity contribution is -0.642. The van der Waals surface area contributed by atoms with Crippen LogP contribution in [0.2, 0.25) is 0 Å². The third-order valence-corrected chi connectivity index (χ3v) is 6.19. The molecule has 0 aliphatic rings. The second-order valence-electron chi connectivity index (χ2n) is 6.48. The number of benzene rings is 3. The lowest BCUT2D eigenvalue weighted by atomic mass is 10.1. The van der Waals surface area contributed by atoms with Gasteiger partial charge in [-0.05, 0) is 74.3 Å². The second-order valence-corrected chi connectivity index (χ2v) is 8.32. The molecule has 0 aliphatic carbocycles. The first-order chi connectivity index (χ1) is 14.2. The van der Waals surface area contributed by atoms with Crippen LogP contribution in [0.4, 0.5) is 10.8 Å². The Kier molecular flexibility index (Phi) is 7.48. The van der Waals surface area contributed by atoms with Gasteiger partial charge in [0.15, 0.2) is 0 Å². The van der Waals surface area contributed by atoms with Crippen LogP contribution in [-0.2, 0) is 6.42 Å². The van der Waals surface area contributed by atoms with Crippen molar-refractivity contribution in [1.29, 1.82) is 0 Å². The van der Waals surface area contributed by atoms with E-state index < -0.39 is 0 Å². The van der Waals surface area contributed by atoms with Gasteiger partial charge in [0.1, 0.15) is 5.75 Å². The van der Waals surface area contributed by atoms with Gasteiger partial charge in [-0.15, -0.1) is 0 Å². The van der Waals surface area contributed by atoms with Crippen molar-refractivity contribution in [3.8, 4) is 22.0 Å². The number of methoxy groups -OCH3 is 1. The zero-order valence-corrected chi connectivity index (χ0v) is 19.8. The number of para-hydroxylation sites is 1. The Hall–Kier alpha value is -2.41. The van der Waals surface area contributed by atoms with E-state index in [0.29, 0.717) is 0 Å². The number of nitrogens with one attached hydrogen (secondary N) is 1. The molecular weight excluding hydrogens is 482 g/mol. The van der Waals surface area contributed by atoms with Crippen molar-refractivity contribution >= 4 is 38.1 Å². The molecule has 3 aromatic carbocycles. The van der Waals surface area contributed by atoms with E-state index in [0.717, 1.165) is 43.7 Å². The molecule has 0 aliphatic heterocycles. The quantitative estimate of drug-likeness (QED) is 0.412. The van der Waals surface area contributed by atoms with E-state index in [1.54, 1.807) is 18.4 Å². The monoisotopic (exact) mass is 501 g/mol. The number of nitrogens with zero attached hydrogens (tertiary/aromatic N) is 2. The van der Waals surface area contributed by atoms with Crippen molar-refractivity contribution in [3.05, 3.63) is 82.8 Å². The SMILES string of the molecule is CCc1ccc(Nc2n[n+](-c3ccccc3)c(-c3ccc(OC)c(Br)c3)s2)cc1.[Cl-]. The summed E-state index contributed by atoms with van der Waals surface area (Å²) in [7, 11) is 1.67. The Morgan fingerprint density at radius 2 is 1.77 bits per heavy atom. The standard InChI is InChI=1S/C23H21BrN3OS.ClH/c1-3-16-9-12-18(13-10-16)25-23-26-27(19-7-5-4-6-8-19)22(29-23)17-11-14-21(28-2)20(24)15-17;/h4-15H,3H2,1-2H3,(H,25,26);1H/q+1;/p-1. The first kappa shape index (κ1) is 22.3. The zero-order valence-electron chi connectivity index (χ0n) is 16.6. The average molecular weight is 503 g/mol. The number of hydrogen-bond acceptors (Lipinski definition) is 4. The first-order valence-corrected chi connectivity index (χ1v) is 11.0. The summed E-state index contributed by atoms with van der Waals surface area (Å²) in [5.41, 5.74) is 4.42. The molecule has 0 fully saturated rings. The fraction of sp³-hybridized carbons (Fsp3) is 0.130. The molecule has 0 saturated heterocycles. The van der Waals surface area contributed by atoms with Gasteiger partial charge in [0.2, 0.25) is 5.69 Å². The molecule has 0 saturated carbocycles. The van der Waals surface area contributed by atoms with Gasteiger partial charge in [0, 0.05) is 22.9 Å². The third-order valence-electron chi connectivity index (χ3n) is 4.59. The van der Waals surface area contributed by atoms with Crippen LogP contribution in [0.25, 0.3) is 16.3 Å². The van der Waals surface area contributed by atoms with E-state index in [1.807, 2.05) is 28.9 Å². The topological polar surface area (TPSA) is 38.0 Å². The first-order valence-electron chi connectivity index (χ1n) is 9.36. The fourth-order valence-electron chi connectivity index (χ4n) is 3.01. The summed E-state index contributed by atoms with van der Waals surface area (Å²) in [6, 6.07) is 24.7. The molecule has 4 rings (SSSR count). The highest BCUT2D eigenvalue weighted by atomic mass is 79.9. The molecule has 1 heterocycles. The molecule has 1 N–H and O–H groups in total. The average Bonchev–Trinajstić information content (AvgIpc) is 3.18. The number of hydrogen-bond donors (Lipinski definition) is 1. The molecule has 30 heavy (non-hydrogen) atoms. The number of rotatable bonds is 6. The van der Waals surface area contributed by atoms with E-state index in [9.17, 15) is 0 Å². The number of aromatic nitrogens is 2. The molecular formula is C23H21BrClN3OS. The van der Waals surface area contributed by atoms with Crippen molar-refractivity contribution < 1.29 is 21.8 Å². The maximum Gasteiger partial charge on any atom is 0.304 e. The van der Waals surface area contributed by atoms with Gasteiger partial charge < -0.3 is 22.5 Å². The number of aryl methyl sites for hydroxylation is 1. The van der Waals surface area contributed by atoms with E-state index in [4.69, 9.17) is 9.84 Å². The summed E-state index contributed by atoms with van der Waals surface area (Å²) >= 11 is 5.21. The minimum absolute atomic E-state index is 0. The lowest BCUT2D eigenvalue weighted by Crippen LogP contribution is -3.00. The van der Waals surface area contributed by atoms with Crippen molar-refractivity contribution in [3.63, 3.8) is 0 Å². The van der Waals surface area contributed by atoms with Crippen LogP contribution in [-0.4, -0.2) is 12.2 Å². The highest BCUT2D eigenvalue weighted by Gasteiger charge is 2.25. The van der Waals surface area contributed by atoms with Crippen LogP contribution in [0.5, 0.6) is 5.75 Å². The van der Waals surface area contributed by atoms with Gasteiger partial charge in [-0.1, -0.05) is 37.3 Å². The van der Waals surface area contributed by atoms with Crippen molar-refractivity contribution in [1.82, 2.24) is 5.10 Å². The van der Waals surface area contributed by atoms with Gasteiger partial charge in [0.25, 0.3) is 5.13 Å². The predicted molar refractivity (Wildman–Crippen MR) is 122 cm³/mol. The molecule has 0 amide bonds. The Morgan fingerprint density at radius 1 is 1.03 bits per heavy atom. The molecule has 0 radical (unpaired) electrons. The third kappa shape index (κ3) is 4.83. The maximum atomic E-state index is 5.38. The number of anilines is 2. The van der Waals surface area contributed by atoms with Gasteiger partial charge >= 0.3 is 5.01 Å². The summed E-state index contributed by atoms with van der Waals surface area (Å²) < 4.78 is 8.26. The lowest BCUT2D eigenvalue weighted by Gasteiger charge is -2.03. The van der Waals surface area contributed by atoms with E-state index >= 15 is 0 Å². The largest absolute Gasteiger partial charge is 1.00 e. The molecule has 154 valence electrons. The minimum atomic E-state index is 0. The molecule has 0 spiro atoms. The molecule has 7 heteroatoms. The zero-order chi connectivity index (χ0) is 20.2. The van der Waals surface area contributed by atoms with Gasteiger partial charge in [0.05, 0.1) is 17.1 Å². The van der Waals surface area contributed by atoms with Crippen LogP contribution >= 0.6 is 27.3 Å². The Morgan fingerprint density at radius 3 is 2.40 bits per heavy atom. The second kappa shape index (κ2) is 10.1. The van der Waals surface area contributed by atoms with E-state index in [-0.39, 0.29) is 12.4 Å². The highest BCUT2D eigenvalue weighted by molar-refractivity contribution is 9.10. The predicted octanol–water partition coefficient (Wildman–Crippen LogP) is 3.17. The number of halogens is 2. The number of ether oxygens (including phenoxy) is 1. The Bertz CT molecular complexity index is 1120. The fourth-order valence-corrected chi connectivity index (χ4v) is 4.51. The normalized spacial score (nSPS) is 10.4. The Labute approximate surface area is 195 Å².